The lowest BCUT2D eigenvalue weighted by atomic mass is 9.99. The van der Waals surface area contributed by atoms with E-state index in [4.69, 9.17) is 14.2 Å². The Morgan fingerprint density at radius 2 is 0.852 bits per heavy atom. The summed E-state index contributed by atoms with van der Waals surface area (Å²) in [6.45, 7) is 5.78. The minimum atomic E-state index is -1.62. The molecule has 0 aromatic carbocycles. The molecule has 0 spiro atoms. The first-order valence-corrected chi connectivity index (χ1v) is 34.1. The van der Waals surface area contributed by atoms with Crippen molar-refractivity contribution in [1.29, 1.82) is 0 Å². The van der Waals surface area contributed by atoms with Gasteiger partial charge in [-0.3, -0.25) is 9.59 Å². The number of unbranched alkanes of at least 4 members (excludes halogenated alkanes) is 36. The van der Waals surface area contributed by atoms with Gasteiger partial charge in [-0.05, 0) is 70.6 Å². The van der Waals surface area contributed by atoms with Crippen molar-refractivity contribution in [3.63, 3.8) is 0 Å². The van der Waals surface area contributed by atoms with Crippen LogP contribution >= 0.6 is 0 Å². The molecule has 6 N–H and O–H groups in total. The minimum Gasteiger partial charge on any atom is -0.454 e. The van der Waals surface area contributed by atoms with Crippen molar-refractivity contribution in [2.24, 2.45) is 0 Å². The van der Waals surface area contributed by atoms with Crippen molar-refractivity contribution >= 4 is 11.9 Å². The van der Waals surface area contributed by atoms with Crippen molar-refractivity contribution in [2.75, 3.05) is 13.2 Å². The van der Waals surface area contributed by atoms with E-state index in [1.807, 2.05) is 6.08 Å². The third kappa shape index (κ3) is 45.4. The van der Waals surface area contributed by atoms with Crippen LogP contribution in [0.4, 0.5) is 0 Å². The van der Waals surface area contributed by atoms with Gasteiger partial charge in [-0.15, -0.1) is 0 Å². The van der Waals surface area contributed by atoms with Crippen LogP contribution in [-0.2, 0) is 23.8 Å². The number of amides is 1. The van der Waals surface area contributed by atoms with E-state index in [0.717, 1.165) is 77.0 Å². The summed E-state index contributed by atoms with van der Waals surface area (Å²) in [5, 5.41) is 57.1. The van der Waals surface area contributed by atoms with E-state index in [-0.39, 0.29) is 19.4 Å². The number of esters is 1. The molecule has 0 saturated carbocycles. The molecule has 0 bridgehead atoms. The highest BCUT2D eigenvalue weighted by atomic mass is 16.7. The van der Waals surface area contributed by atoms with Gasteiger partial charge >= 0.3 is 5.97 Å². The highest BCUT2D eigenvalue weighted by Gasteiger charge is 2.47. The Kier molecular flexibility index (Phi) is 54.5. The average Bonchev–Trinajstić information content (AvgIpc) is 3.46. The van der Waals surface area contributed by atoms with Crippen molar-refractivity contribution in [3.8, 4) is 0 Å². The second kappa shape index (κ2) is 57.8. The average molecular weight is 1140 g/mol. The molecule has 81 heavy (non-hydrogen) atoms. The Labute approximate surface area is 497 Å². The molecule has 1 saturated heterocycles. The summed E-state index contributed by atoms with van der Waals surface area (Å²) in [4.78, 5) is 26.6. The van der Waals surface area contributed by atoms with E-state index < -0.39 is 67.4 Å². The molecule has 1 heterocycles. The van der Waals surface area contributed by atoms with Crippen molar-refractivity contribution in [1.82, 2.24) is 5.32 Å². The molecule has 0 aromatic rings. The number of nitrogens with one attached hydrogen (secondary N) is 1. The molecule has 0 aromatic heterocycles. The van der Waals surface area contributed by atoms with Crippen LogP contribution in [-0.4, -0.2) is 99.6 Å². The topological polar surface area (TPSA) is 175 Å². The van der Waals surface area contributed by atoms with Gasteiger partial charge in [-0.2, -0.15) is 0 Å². The molecular formula is C70H127NO10. The molecule has 1 aliphatic rings. The monoisotopic (exact) mass is 1140 g/mol. The van der Waals surface area contributed by atoms with Gasteiger partial charge in [-0.1, -0.05) is 293 Å². The van der Waals surface area contributed by atoms with Crippen LogP contribution in [0.5, 0.6) is 0 Å². The highest BCUT2D eigenvalue weighted by Crippen LogP contribution is 2.26. The van der Waals surface area contributed by atoms with Gasteiger partial charge in [0.15, 0.2) is 12.4 Å². The zero-order valence-corrected chi connectivity index (χ0v) is 52.4. The number of carbonyl (C=O) groups is 2. The predicted octanol–water partition coefficient (Wildman–Crippen LogP) is 17.0. The van der Waals surface area contributed by atoms with E-state index in [1.165, 1.54) is 186 Å². The highest BCUT2D eigenvalue weighted by molar-refractivity contribution is 5.80. The molecule has 0 radical (unpaired) electrons. The molecule has 11 nitrogen and oxygen atoms in total. The summed E-state index contributed by atoms with van der Waals surface area (Å²) in [6, 6.07) is -1.04. The number of rotatable bonds is 58. The first-order chi connectivity index (χ1) is 39.7. The predicted molar refractivity (Wildman–Crippen MR) is 338 cm³/mol. The number of carbonyl (C=O) groups excluding carboxylic acids is 2. The maximum absolute atomic E-state index is 13.4. The van der Waals surface area contributed by atoms with Gasteiger partial charge < -0.3 is 45.1 Å². The van der Waals surface area contributed by atoms with Crippen LogP contribution in [0.1, 0.15) is 310 Å². The van der Waals surface area contributed by atoms with Crippen LogP contribution in [0.3, 0.4) is 0 Å². The lowest BCUT2D eigenvalue weighted by molar-refractivity contribution is -0.305. The van der Waals surface area contributed by atoms with E-state index in [1.54, 1.807) is 6.08 Å². The fourth-order valence-electron chi connectivity index (χ4n) is 10.5. The fourth-order valence-corrected chi connectivity index (χ4v) is 10.5. The van der Waals surface area contributed by atoms with Gasteiger partial charge in [0.05, 0.1) is 25.4 Å². The number of allylic oxidation sites excluding steroid dienone is 9. The SMILES string of the molecule is CCCCC/C=C\C/C=C\C/C=C\C/C=C\CCCCC(O)C(=O)NC(COC1OC(CO)C(O)C(O)C1OC(=O)CCCCCCCCCCCCCCCCCCCCCCC)C(O)/C=C/CCCCCCCCCCCCC. The summed E-state index contributed by atoms with van der Waals surface area (Å²) in [5.74, 6) is -1.22. The Morgan fingerprint density at radius 3 is 1.30 bits per heavy atom. The van der Waals surface area contributed by atoms with Gasteiger partial charge in [0.2, 0.25) is 5.91 Å². The third-order valence-corrected chi connectivity index (χ3v) is 15.9. The Balaban J connectivity index is 2.65. The zero-order chi connectivity index (χ0) is 58.9. The Hall–Kier alpha value is -2.64. The maximum atomic E-state index is 13.4. The van der Waals surface area contributed by atoms with Crippen LogP contribution in [0.25, 0.3) is 0 Å². The molecule has 1 aliphatic heterocycles. The summed E-state index contributed by atoms with van der Waals surface area (Å²) in [6.07, 6.45) is 62.6. The van der Waals surface area contributed by atoms with Gasteiger partial charge in [0.25, 0.3) is 0 Å². The number of ether oxygens (including phenoxy) is 3. The second-order valence-corrected chi connectivity index (χ2v) is 23.6. The standard InChI is InChI=1S/C70H127NO10/c1-4-7-10-13-16-19-22-25-27-29-31-32-33-35-37-40-43-46-49-52-55-58-65(75)81-68-67(77)66(76)64(59-72)80-70(68)79-60-61(62(73)56-53-50-47-44-41-38-24-21-18-15-12-9-6-3)71-69(78)63(74)57-54-51-48-45-42-39-36-34-30-28-26-23-20-17-14-11-8-5-2/h17,20,26,28,34,36,42,45,53,56,61-64,66-68,70,72-74,76-77H,4-16,18-19,21-25,27,29-33,35,37-41,43-44,46-52,54-55,57-60H2,1-3H3,(H,71,78)/b20-17-,28-26-,36-34-,45-42-,56-53+. The normalized spacial score (nSPS) is 19.0. The van der Waals surface area contributed by atoms with E-state index in [0.29, 0.717) is 12.8 Å². The molecule has 472 valence electrons. The quantitative estimate of drug-likeness (QED) is 0.0195. The Bertz CT molecular complexity index is 1550. The molecule has 8 unspecified atom stereocenters. The summed E-state index contributed by atoms with van der Waals surface area (Å²) in [5.41, 5.74) is 0. The molecule has 1 amide bonds. The Morgan fingerprint density at radius 1 is 0.481 bits per heavy atom. The van der Waals surface area contributed by atoms with Crippen LogP contribution in [0, 0.1) is 0 Å². The molecule has 0 aliphatic carbocycles. The number of aliphatic hydroxyl groups is 5. The van der Waals surface area contributed by atoms with E-state index >= 15 is 0 Å². The van der Waals surface area contributed by atoms with Crippen LogP contribution in [0.2, 0.25) is 0 Å². The molecule has 1 rings (SSSR count). The molecule has 11 heteroatoms. The lowest BCUT2D eigenvalue weighted by Gasteiger charge is -2.41. The molecular weight excluding hydrogens is 1010 g/mol. The number of hydrogen-bond acceptors (Lipinski definition) is 10. The maximum Gasteiger partial charge on any atom is 0.306 e. The van der Waals surface area contributed by atoms with Gasteiger partial charge in [0, 0.05) is 6.42 Å². The fraction of sp³-hybridized carbons (Fsp3) is 0.829. The van der Waals surface area contributed by atoms with Crippen molar-refractivity contribution in [3.05, 3.63) is 60.8 Å². The second-order valence-electron chi connectivity index (χ2n) is 23.6. The zero-order valence-electron chi connectivity index (χ0n) is 52.4. The van der Waals surface area contributed by atoms with Crippen molar-refractivity contribution < 1.29 is 49.3 Å². The molecule has 8 atom stereocenters. The number of aliphatic hydroxyl groups excluding tert-OH is 5. The van der Waals surface area contributed by atoms with Gasteiger partial charge in [-0.25, -0.2) is 0 Å². The smallest absolute Gasteiger partial charge is 0.306 e. The summed E-state index contributed by atoms with van der Waals surface area (Å²) in [7, 11) is 0. The van der Waals surface area contributed by atoms with Crippen LogP contribution in [0.15, 0.2) is 60.8 Å². The van der Waals surface area contributed by atoms with E-state index in [2.05, 4.69) is 74.7 Å². The molecule has 1 fully saturated rings. The minimum absolute atomic E-state index is 0.122. The summed E-state index contributed by atoms with van der Waals surface area (Å²) >= 11 is 0. The largest absolute Gasteiger partial charge is 0.454 e. The van der Waals surface area contributed by atoms with Gasteiger partial charge in [0.1, 0.15) is 24.4 Å². The van der Waals surface area contributed by atoms with E-state index in [9.17, 15) is 35.1 Å². The van der Waals surface area contributed by atoms with Crippen LogP contribution < -0.4 is 5.32 Å². The first-order valence-electron chi connectivity index (χ1n) is 34.1. The van der Waals surface area contributed by atoms with Crippen molar-refractivity contribution in [2.45, 2.75) is 359 Å². The third-order valence-electron chi connectivity index (χ3n) is 15.9. The first kappa shape index (κ1) is 76.4. The summed E-state index contributed by atoms with van der Waals surface area (Å²) < 4.78 is 17.7. The lowest BCUT2D eigenvalue weighted by Crippen LogP contribution is -2.61. The number of hydrogen-bond donors (Lipinski definition) is 6.